The Balaban J connectivity index is 1.97. The van der Waals surface area contributed by atoms with Crippen molar-refractivity contribution in [1.29, 1.82) is 5.26 Å². The summed E-state index contributed by atoms with van der Waals surface area (Å²) in [6.07, 6.45) is 1.08. The van der Waals surface area contributed by atoms with E-state index in [2.05, 4.69) is 10.6 Å². The van der Waals surface area contributed by atoms with E-state index in [0.717, 1.165) is 5.56 Å². The van der Waals surface area contributed by atoms with Gasteiger partial charge in [-0.05, 0) is 12.0 Å². The Bertz CT molecular complexity index is 507. The molecule has 1 aromatic rings. The van der Waals surface area contributed by atoms with Crippen molar-refractivity contribution in [3.05, 3.63) is 35.9 Å². The molecule has 2 atom stereocenters. The summed E-state index contributed by atoms with van der Waals surface area (Å²) >= 11 is 0. The highest BCUT2D eigenvalue weighted by atomic mass is 16.2. The quantitative estimate of drug-likeness (QED) is 0.824. The van der Waals surface area contributed by atoms with Gasteiger partial charge in [0.25, 0.3) is 0 Å². The third-order valence-electron chi connectivity index (χ3n) is 3.09. The highest BCUT2D eigenvalue weighted by Gasteiger charge is 2.32. The van der Waals surface area contributed by atoms with Gasteiger partial charge in [-0.15, -0.1) is 0 Å². The topological polar surface area (TPSA) is 82.0 Å². The Kier molecular flexibility index (Phi) is 4.14. The normalized spacial score (nSPS) is 22.3. The summed E-state index contributed by atoms with van der Waals surface area (Å²) in [5.74, 6) is -0.401. The van der Waals surface area contributed by atoms with Crippen molar-refractivity contribution in [1.82, 2.24) is 10.6 Å². The molecule has 1 aliphatic rings. The summed E-state index contributed by atoms with van der Waals surface area (Å²) in [7, 11) is 0. The monoisotopic (exact) mass is 257 g/mol. The molecule has 0 saturated carbocycles. The first-order chi connectivity index (χ1) is 9.20. The maximum atomic E-state index is 11.9. The Labute approximate surface area is 111 Å². The molecular weight excluding hydrogens is 242 g/mol. The molecule has 0 aliphatic carbocycles. The molecule has 0 unspecified atom stereocenters. The average molecular weight is 257 g/mol. The molecule has 0 spiro atoms. The van der Waals surface area contributed by atoms with Crippen molar-refractivity contribution in [3.8, 4) is 6.07 Å². The van der Waals surface area contributed by atoms with Crippen LogP contribution in [-0.2, 0) is 16.0 Å². The van der Waals surface area contributed by atoms with Gasteiger partial charge < -0.3 is 10.6 Å². The fourth-order valence-corrected chi connectivity index (χ4v) is 2.08. The lowest BCUT2D eigenvalue weighted by Gasteiger charge is -2.29. The van der Waals surface area contributed by atoms with Crippen LogP contribution in [0.2, 0.25) is 0 Å². The molecule has 1 heterocycles. The number of nitriles is 1. The van der Waals surface area contributed by atoms with Gasteiger partial charge in [0, 0.05) is 12.8 Å². The molecule has 19 heavy (non-hydrogen) atoms. The number of hydrogen-bond donors (Lipinski definition) is 2. The van der Waals surface area contributed by atoms with E-state index < -0.39 is 12.1 Å². The maximum Gasteiger partial charge on any atom is 0.243 e. The zero-order chi connectivity index (χ0) is 13.7. The molecule has 1 saturated heterocycles. The highest BCUT2D eigenvalue weighted by molar-refractivity contribution is 5.97. The minimum absolute atomic E-state index is 0.189. The van der Waals surface area contributed by atoms with Crippen LogP contribution in [-0.4, -0.2) is 23.9 Å². The number of nitrogens with zero attached hydrogens (tertiary/aromatic N) is 1. The lowest BCUT2D eigenvalue weighted by Crippen LogP contribution is -2.62. The smallest absolute Gasteiger partial charge is 0.243 e. The van der Waals surface area contributed by atoms with E-state index in [1.54, 1.807) is 0 Å². The van der Waals surface area contributed by atoms with Gasteiger partial charge in [0.05, 0.1) is 6.07 Å². The highest BCUT2D eigenvalue weighted by Crippen LogP contribution is 2.09. The van der Waals surface area contributed by atoms with E-state index in [1.807, 2.05) is 36.4 Å². The predicted molar refractivity (Wildman–Crippen MR) is 68.9 cm³/mol. The standard InChI is InChI=1S/C14H15N3O2/c15-8-4-7-11-13(18)17-12(14(19)16-11)9-10-5-2-1-3-6-10/h1-3,5-6,11-12H,4,7,9H2,(H,16,19)(H,17,18)/t11-,12-/m1/s1. The number of piperazine rings is 1. The van der Waals surface area contributed by atoms with Gasteiger partial charge in [-0.1, -0.05) is 30.3 Å². The maximum absolute atomic E-state index is 11.9. The van der Waals surface area contributed by atoms with E-state index in [-0.39, 0.29) is 18.2 Å². The fourth-order valence-electron chi connectivity index (χ4n) is 2.08. The molecule has 2 amide bonds. The molecule has 1 aliphatic heterocycles. The zero-order valence-electron chi connectivity index (χ0n) is 10.4. The van der Waals surface area contributed by atoms with Crippen molar-refractivity contribution in [2.24, 2.45) is 0 Å². The van der Waals surface area contributed by atoms with Crippen LogP contribution in [0.25, 0.3) is 0 Å². The summed E-state index contributed by atoms with van der Waals surface area (Å²) in [6, 6.07) is 10.4. The van der Waals surface area contributed by atoms with E-state index in [9.17, 15) is 9.59 Å². The number of carbonyl (C=O) groups excluding carboxylic acids is 2. The number of rotatable bonds is 4. The van der Waals surface area contributed by atoms with Crippen LogP contribution in [0.5, 0.6) is 0 Å². The molecule has 0 radical (unpaired) electrons. The largest absolute Gasteiger partial charge is 0.342 e. The number of hydrogen-bond acceptors (Lipinski definition) is 3. The summed E-state index contributed by atoms with van der Waals surface area (Å²) in [5.41, 5.74) is 0.999. The molecule has 5 nitrogen and oxygen atoms in total. The van der Waals surface area contributed by atoms with Gasteiger partial charge in [-0.3, -0.25) is 9.59 Å². The minimum atomic E-state index is -0.584. The number of carbonyl (C=O) groups is 2. The molecule has 2 rings (SSSR count). The molecular formula is C14H15N3O2. The van der Waals surface area contributed by atoms with Crippen molar-refractivity contribution in [2.75, 3.05) is 0 Å². The number of benzene rings is 1. The van der Waals surface area contributed by atoms with E-state index >= 15 is 0 Å². The van der Waals surface area contributed by atoms with Crippen LogP contribution in [0.15, 0.2) is 30.3 Å². The van der Waals surface area contributed by atoms with E-state index in [1.165, 1.54) is 0 Å². The molecule has 5 heteroatoms. The predicted octanol–water partition coefficient (Wildman–Crippen LogP) is 0.516. The van der Waals surface area contributed by atoms with Crippen molar-refractivity contribution in [2.45, 2.75) is 31.3 Å². The minimum Gasteiger partial charge on any atom is -0.342 e. The third-order valence-corrected chi connectivity index (χ3v) is 3.09. The molecule has 98 valence electrons. The van der Waals surface area contributed by atoms with Crippen LogP contribution in [0.3, 0.4) is 0 Å². The first-order valence-electron chi connectivity index (χ1n) is 6.22. The second-order valence-corrected chi connectivity index (χ2v) is 4.51. The molecule has 1 aromatic carbocycles. The van der Waals surface area contributed by atoms with Crippen LogP contribution in [0.1, 0.15) is 18.4 Å². The molecule has 1 fully saturated rings. The first-order valence-corrected chi connectivity index (χ1v) is 6.22. The van der Waals surface area contributed by atoms with Gasteiger partial charge in [0.2, 0.25) is 11.8 Å². The summed E-state index contributed by atoms with van der Waals surface area (Å²) in [4.78, 5) is 23.7. The van der Waals surface area contributed by atoms with Gasteiger partial charge in [0.15, 0.2) is 0 Å². The van der Waals surface area contributed by atoms with Crippen LogP contribution in [0, 0.1) is 11.3 Å². The van der Waals surface area contributed by atoms with Crippen molar-refractivity contribution in [3.63, 3.8) is 0 Å². The summed E-state index contributed by atoms with van der Waals surface area (Å²) in [6.45, 7) is 0. The molecule has 0 aromatic heterocycles. The average Bonchev–Trinajstić information content (AvgIpc) is 2.42. The van der Waals surface area contributed by atoms with E-state index in [4.69, 9.17) is 5.26 Å². The van der Waals surface area contributed by atoms with Crippen LogP contribution in [0.4, 0.5) is 0 Å². The van der Waals surface area contributed by atoms with Gasteiger partial charge >= 0.3 is 0 Å². The van der Waals surface area contributed by atoms with Crippen molar-refractivity contribution >= 4 is 11.8 Å². The molecule has 2 N–H and O–H groups in total. The lowest BCUT2D eigenvalue weighted by molar-refractivity contribution is -0.136. The van der Waals surface area contributed by atoms with Gasteiger partial charge in [-0.25, -0.2) is 0 Å². The number of amides is 2. The Morgan fingerprint density at radius 2 is 1.68 bits per heavy atom. The SMILES string of the molecule is N#CCC[C@H]1NC(=O)[C@@H](Cc2ccccc2)NC1=O. The summed E-state index contributed by atoms with van der Waals surface area (Å²) < 4.78 is 0. The second kappa shape index (κ2) is 6.01. The zero-order valence-corrected chi connectivity index (χ0v) is 10.4. The first kappa shape index (κ1) is 13.1. The Hall–Kier alpha value is -2.35. The Morgan fingerprint density at radius 1 is 1.05 bits per heavy atom. The van der Waals surface area contributed by atoms with Gasteiger partial charge in [-0.2, -0.15) is 5.26 Å². The molecule has 0 bridgehead atoms. The van der Waals surface area contributed by atoms with Crippen LogP contribution >= 0.6 is 0 Å². The summed E-state index contributed by atoms with van der Waals surface area (Å²) in [5, 5.41) is 13.9. The van der Waals surface area contributed by atoms with E-state index in [0.29, 0.717) is 12.8 Å². The number of nitrogens with one attached hydrogen (secondary N) is 2. The lowest BCUT2D eigenvalue weighted by atomic mass is 10.0. The Morgan fingerprint density at radius 3 is 2.37 bits per heavy atom. The fraction of sp³-hybridized carbons (Fsp3) is 0.357. The second-order valence-electron chi connectivity index (χ2n) is 4.51. The third kappa shape index (κ3) is 3.32. The van der Waals surface area contributed by atoms with Crippen LogP contribution < -0.4 is 10.6 Å². The van der Waals surface area contributed by atoms with Gasteiger partial charge in [0.1, 0.15) is 12.1 Å². The van der Waals surface area contributed by atoms with Crippen molar-refractivity contribution < 1.29 is 9.59 Å².